The van der Waals surface area contributed by atoms with E-state index in [2.05, 4.69) is 6.07 Å². The monoisotopic (exact) mass is 275 g/mol. The summed E-state index contributed by atoms with van der Waals surface area (Å²) < 4.78 is 0. The molecule has 1 atom stereocenters. The lowest BCUT2D eigenvalue weighted by Crippen LogP contribution is -2.31. The summed E-state index contributed by atoms with van der Waals surface area (Å²) in [4.78, 5) is 13.9. The Morgan fingerprint density at radius 2 is 1.67 bits per heavy atom. The van der Waals surface area contributed by atoms with Crippen LogP contribution >= 0.6 is 0 Å². The molecule has 0 spiro atoms. The van der Waals surface area contributed by atoms with Crippen LogP contribution in [-0.4, -0.2) is 13.0 Å². The molecule has 4 heteroatoms. The molecule has 2 aromatic rings. The van der Waals surface area contributed by atoms with Gasteiger partial charge in [0.25, 0.3) is 0 Å². The minimum Gasteiger partial charge on any atom is -0.313 e. The Morgan fingerprint density at radius 3 is 2.29 bits per heavy atom. The highest BCUT2D eigenvalue weighted by Crippen LogP contribution is 2.23. The molecule has 0 radical (unpaired) electrons. The van der Waals surface area contributed by atoms with Crippen LogP contribution in [0.2, 0.25) is 0 Å². The Kier molecular flexibility index (Phi) is 4.33. The molecule has 0 N–H and O–H groups in total. The molecule has 0 aliphatic carbocycles. The molecule has 2 rings (SSSR count). The van der Waals surface area contributed by atoms with E-state index in [9.17, 15) is 10.1 Å². The standard InChI is InChI=1S/C17H13N3O/c1-20(16-10-6-5-9-14(16)11-18)17(21)15(12-19)13-7-3-2-4-8-13/h2-10,15H,1H3. The highest BCUT2D eigenvalue weighted by molar-refractivity contribution is 6.00. The maximum absolute atomic E-state index is 12.5. The van der Waals surface area contributed by atoms with Gasteiger partial charge in [0.15, 0.2) is 5.92 Å². The first kappa shape index (κ1) is 14.3. The van der Waals surface area contributed by atoms with Gasteiger partial charge >= 0.3 is 0 Å². The SMILES string of the molecule is CN(C(=O)C(C#N)c1ccccc1)c1ccccc1C#N. The summed E-state index contributed by atoms with van der Waals surface area (Å²) in [5, 5.41) is 18.4. The number of hydrogen-bond acceptors (Lipinski definition) is 3. The second-order valence-corrected chi connectivity index (χ2v) is 4.50. The van der Waals surface area contributed by atoms with Gasteiger partial charge in [0.1, 0.15) is 6.07 Å². The van der Waals surface area contributed by atoms with Crippen molar-refractivity contribution >= 4 is 11.6 Å². The fraction of sp³-hybridized carbons (Fsp3) is 0.118. The van der Waals surface area contributed by atoms with Gasteiger partial charge in [-0.25, -0.2) is 0 Å². The zero-order valence-corrected chi connectivity index (χ0v) is 11.5. The largest absolute Gasteiger partial charge is 0.313 e. The van der Waals surface area contributed by atoms with Crippen molar-refractivity contribution < 1.29 is 4.79 Å². The molecule has 1 unspecified atom stereocenters. The summed E-state index contributed by atoms with van der Waals surface area (Å²) in [5.74, 6) is -1.24. The maximum Gasteiger partial charge on any atom is 0.248 e. The summed E-state index contributed by atoms with van der Waals surface area (Å²) in [6.07, 6.45) is 0. The van der Waals surface area contributed by atoms with Crippen molar-refractivity contribution in [2.45, 2.75) is 5.92 Å². The normalized spacial score (nSPS) is 11.0. The number of amides is 1. The highest BCUT2D eigenvalue weighted by atomic mass is 16.2. The van der Waals surface area contributed by atoms with E-state index < -0.39 is 5.92 Å². The Labute approximate surface area is 123 Å². The van der Waals surface area contributed by atoms with Crippen molar-refractivity contribution in [2.75, 3.05) is 11.9 Å². The number of nitriles is 2. The van der Waals surface area contributed by atoms with Crippen LogP contribution in [0.5, 0.6) is 0 Å². The van der Waals surface area contributed by atoms with Gasteiger partial charge in [0.2, 0.25) is 5.91 Å². The maximum atomic E-state index is 12.5. The molecule has 102 valence electrons. The van der Waals surface area contributed by atoms with E-state index in [1.807, 2.05) is 12.1 Å². The van der Waals surface area contributed by atoms with Crippen LogP contribution in [0, 0.1) is 22.7 Å². The number of carbonyl (C=O) groups excluding carboxylic acids is 1. The Hall–Kier alpha value is -3.11. The summed E-state index contributed by atoms with van der Waals surface area (Å²) >= 11 is 0. The first-order valence-corrected chi connectivity index (χ1v) is 6.40. The predicted octanol–water partition coefficient (Wildman–Crippen LogP) is 2.83. The molecule has 0 fully saturated rings. The van der Waals surface area contributed by atoms with E-state index in [1.54, 1.807) is 55.6 Å². The summed E-state index contributed by atoms with van der Waals surface area (Å²) in [6.45, 7) is 0. The third-order valence-electron chi connectivity index (χ3n) is 3.23. The number of anilines is 1. The molecular formula is C17H13N3O. The zero-order valence-electron chi connectivity index (χ0n) is 11.5. The lowest BCUT2D eigenvalue weighted by Gasteiger charge is -2.21. The molecule has 4 nitrogen and oxygen atoms in total. The molecule has 0 aromatic heterocycles. The van der Waals surface area contributed by atoms with E-state index in [4.69, 9.17) is 5.26 Å². The Balaban J connectivity index is 2.35. The molecule has 0 heterocycles. The van der Waals surface area contributed by atoms with E-state index in [0.717, 1.165) is 0 Å². The first-order chi connectivity index (χ1) is 10.2. The van der Waals surface area contributed by atoms with Crippen LogP contribution in [0.3, 0.4) is 0 Å². The molecule has 0 bridgehead atoms. The van der Waals surface area contributed by atoms with Crippen LogP contribution < -0.4 is 4.90 Å². The zero-order chi connectivity index (χ0) is 15.2. The van der Waals surface area contributed by atoms with E-state index >= 15 is 0 Å². The molecule has 0 aliphatic rings. The smallest absolute Gasteiger partial charge is 0.248 e. The van der Waals surface area contributed by atoms with Crippen molar-refractivity contribution in [3.8, 4) is 12.1 Å². The van der Waals surface area contributed by atoms with Crippen LogP contribution in [-0.2, 0) is 4.79 Å². The van der Waals surface area contributed by atoms with E-state index in [1.165, 1.54) is 4.90 Å². The van der Waals surface area contributed by atoms with Crippen molar-refractivity contribution in [1.29, 1.82) is 10.5 Å². The minimum absolute atomic E-state index is 0.355. The van der Waals surface area contributed by atoms with Crippen molar-refractivity contribution in [1.82, 2.24) is 0 Å². The fourth-order valence-electron chi connectivity index (χ4n) is 2.09. The van der Waals surface area contributed by atoms with Crippen LogP contribution in [0.25, 0.3) is 0 Å². The first-order valence-electron chi connectivity index (χ1n) is 6.40. The Morgan fingerprint density at radius 1 is 1.05 bits per heavy atom. The second-order valence-electron chi connectivity index (χ2n) is 4.50. The molecule has 21 heavy (non-hydrogen) atoms. The van der Waals surface area contributed by atoms with Gasteiger partial charge in [-0.05, 0) is 17.7 Å². The highest BCUT2D eigenvalue weighted by Gasteiger charge is 2.25. The van der Waals surface area contributed by atoms with E-state index in [-0.39, 0.29) is 5.91 Å². The Bertz CT molecular complexity index is 726. The summed E-state index contributed by atoms with van der Waals surface area (Å²) in [6, 6.07) is 19.8. The quantitative estimate of drug-likeness (QED) is 0.865. The van der Waals surface area contributed by atoms with Gasteiger partial charge in [-0.15, -0.1) is 0 Å². The van der Waals surface area contributed by atoms with Gasteiger partial charge < -0.3 is 4.90 Å². The number of carbonyl (C=O) groups is 1. The van der Waals surface area contributed by atoms with Crippen LogP contribution in [0.15, 0.2) is 54.6 Å². The average molecular weight is 275 g/mol. The molecule has 1 amide bonds. The van der Waals surface area contributed by atoms with Gasteiger partial charge in [0, 0.05) is 7.05 Å². The number of para-hydroxylation sites is 1. The van der Waals surface area contributed by atoms with Crippen molar-refractivity contribution in [3.63, 3.8) is 0 Å². The number of hydrogen-bond donors (Lipinski definition) is 0. The number of benzene rings is 2. The number of rotatable bonds is 3. The molecule has 0 saturated heterocycles. The number of likely N-dealkylation sites (N-methyl/N-ethyl adjacent to an activating group) is 1. The van der Waals surface area contributed by atoms with E-state index in [0.29, 0.717) is 16.8 Å². The molecule has 0 saturated carbocycles. The number of nitrogens with zero attached hydrogens (tertiary/aromatic N) is 3. The van der Waals surface area contributed by atoms with Crippen molar-refractivity contribution in [2.24, 2.45) is 0 Å². The second kappa shape index (κ2) is 6.36. The van der Waals surface area contributed by atoms with Crippen LogP contribution in [0.4, 0.5) is 5.69 Å². The van der Waals surface area contributed by atoms with Crippen molar-refractivity contribution in [3.05, 3.63) is 65.7 Å². The molecule has 0 aliphatic heterocycles. The lowest BCUT2D eigenvalue weighted by molar-refractivity contribution is -0.118. The van der Waals surface area contributed by atoms with Gasteiger partial charge in [-0.2, -0.15) is 10.5 Å². The summed E-state index contributed by atoms with van der Waals surface area (Å²) in [7, 11) is 1.58. The molecule has 2 aromatic carbocycles. The third kappa shape index (κ3) is 2.91. The van der Waals surface area contributed by atoms with Crippen LogP contribution in [0.1, 0.15) is 17.0 Å². The topological polar surface area (TPSA) is 67.9 Å². The lowest BCUT2D eigenvalue weighted by atomic mass is 9.99. The average Bonchev–Trinajstić information content (AvgIpc) is 2.55. The molecular weight excluding hydrogens is 262 g/mol. The van der Waals surface area contributed by atoms with Gasteiger partial charge in [0.05, 0.1) is 17.3 Å². The fourth-order valence-corrected chi connectivity index (χ4v) is 2.09. The predicted molar refractivity (Wildman–Crippen MR) is 79.4 cm³/mol. The van der Waals surface area contributed by atoms with Gasteiger partial charge in [-0.1, -0.05) is 42.5 Å². The summed E-state index contributed by atoms with van der Waals surface area (Å²) in [5.41, 5.74) is 1.55. The van der Waals surface area contributed by atoms with Gasteiger partial charge in [-0.3, -0.25) is 4.79 Å². The third-order valence-corrected chi connectivity index (χ3v) is 3.23. The minimum atomic E-state index is -0.886.